The summed E-state index contributed by atoms with van der Waals surface area (Å²) in [5.41, 5.74) is 0.726. The zero-order chi connectivity index (χ0) is 13.4. The lowest BCUT2D eigenvalue weighted by molar-refractivity contribution is -0.133. The minimum absolute atomic E-state index is 0.181. The van der Waals surface area contributed by atoms with E-state index in [2.05, 4.69) is 58.5 Å². The molecule has 5 heteroatoms. The summed E-state index contributed by atoms with van der Waals surface area (Å²) in [6.45, 7) is 10.0. The van der Waals surface area contributed by atoms with Crippen molar-refractivity contribution in [2.75, 3.05) is 18.0 Å². The van der Waals surface area contributed by atoms with Gasteiger partial charge in [0.05, 0.1) is 11.2 Å². The fourth-order valence-corrected chi connectivity index (χ4v) is 2.80. The van der Waals surface area contributed by atoms with Crippen LogP contribution in [0.25, 0.3) is 0 Å². The van der Waals surface area contributed by atoms with Gasteiger partial charge in [-0.2, -0.15) is 0 Å². The van der Waals surface area contributed by atoms with Crippen LogP contribution >= 0.6 is 15.9 Å². The molecule has 2 heterocycles. The Balaban J connectivity index is 2.21. The lowest BCUT2D eigenvalue weighted by Gasteiger charge is -2.47. The molecule has 100 valence electrons. The zero-order valence-corrected chi connectivity index (χ0v) is 13.0. The first-order valence-electron chi connectivity index (χ1n) is 6.13. The van der Waals surface area contributed by atoms with Crippen molar-refractivity contribution in [3.8, 4) is 0 Å². The maximum atomic E-state index is 6.05. The van der Waals surface area contributed by atoms with Crippen LogP contribution in [0, 0.1) is 0 Å². The van der Waals surface area contributed by atoms with Crippen LogP contribution in [0.5, 0.6) is 0 Å². The quantitative estimate of drug-likeness (QED) is 0.787. The number of hydrogen-bond donors (Lipinski definition) is 0. The monoisotopic (exact) mass is 313 g/mol. The first-order valence-corrected chi connectivity index (χ1v) is 7.25. The number of aromatic nitrogens is 2. The smallest absolute Gasteiger partial charge is 0.225 e. The second-order valence-electron chi connectivity index (χ2n) is 6.00. The van der Waals surface area contributed by atoms with Gasteiger partial charge in [-0.3, -0.25) is 0 Å². The third-order valence-corrected chi connectivity index (χ3v) is 3.47. The summed E-state index contributed by atoms with van der Waals surface area (Å²) in [5.74, 6) is 0.782. The van der Waals surface area contributed by atoms with Crippen molar-refractivity contribution < 1.29 is 4.74 Å². The summed E-state index contributed by atoms with van der Waals surface area (Å²) < 4.78 is 6.05. The van der Waals surface area contributed by atoms with Crippen LogP contribution in [-0.2, 0) is 10.1 Å². The number of nitrogens with zero attached hydrogens (tertiary/aromatic N) is 3. The molecule has 0 bridgehead atoms. The Bertz CT molecular complexity index is 401. The Morgan fingerprint density at radius 3 is 2.11 bits per heavy atom. The Hall–Kier alpha value is -0.680. The van der Waals surface area contributed by atoms with Crippen molar-refractivity contribution in [2.24, 2.45) is 0 Å². The van der Waals surface area contributed by atoms with Crippen molar-refractivity contribution in [2.45, 2.75) is 44.2 Å². The summed E-state index contributed by atoms with van der Waals surface area (Å²) in [5, 5.41) is 0.785. The number of rotatable bonds is 2. The van der Waals surface area contributed by atoms with Crippen molar-refractivity contribution >= 4 is 21.9 Å². The third kappa shape index (κ3) is 3.20. The third-order valence-electron chi connectivity index (χ3n) is 2.82. The van der Waals surface area contributed by atoms with Crippen molar-refractivity contribution in [3.63, 3.8) is 0 Å². The molecule has 1 fully saturated rings. The highest BCUT2D eigenvalue weighted by Gasteiger charge is 2.38. The maximum Gasteiger partial charge on any atom is 0.225 e. The lowest BCUT2D eigenvalue weighted by Crippen LogP contribution is -2.57. The summed E-state index contributed by atoms with van der Waals surface area (Å²) in [4.78, 5) is 11.1. The molecular formula is C13H20BrN3O. The topological polar surface area (TPSA) is 38.2 Å². The van der Waals surface area contributed by atoms with E-state index in [9.17, 15) is 0 Å². The van der Waals surface area contributed by atoms with Gasteiger partial charge in [-0.15, -0.1) is 0 Å². The predicted molar refractivity (Wildman–Crippen MR) is 76.1 cm³/mol. The number of anilines is 1. The van der Waals surface area contributed by atoms with Gasteiger partial charge in [-0.1, -0.05) is 15.9 Å². The molecule has 1 saturated heterocycles. The first kappa shape index (κ1) is 13.7. The second kappa shape index (κ2) is 4.78. The van der Waals surface area contributed by atoms with E-state index in [0.717, 1.165) is 29.9 Å². The van der Waals surface area contributed by atoms with Crippen LogP contribution in [0.3, 0.4) is 0 Å². The molecule has 0 aliphatic carbocycles. The van der Waals surface area contributed by atoms with Gasteiger partial charge in [0, 0.05) is 30.8 Å². The lowest BCUT2D eigenvalue weighted by atomic mass is 9.99. The van der Waals surface area contributed by atoms with E-state index in [-0.39, 0.29) is 11.2 Å². The van der Waals surface area contributed by atoms with E-state index in [1.807, 2.05) is 12.4 Å². The molecule has 0 saturated carbocycles. The molecule has 1 aliphatic rings. The Kier molecular flexibility index (Phi) is 3.65. The Morgan fingerprint density at radius 1 is 1.17 bits per heavy atom. The molecule has 0 atom stereocenters. The number of hydrogen-bond acceptors (Lipinski definition) is 4. The molecule has 1 aliphatic heterocycles. The van der Waals surface area contributed by atoms with Gasteiger partial charge in [0.2, 0.25) is 5.95 Å². The fraction of sp³-hybridized carbons (Fsp3) is 0.692. The summed E-state index contributed by atoms with van der Waals surface area (Å²) in [6, 6.07) is 0. The molecule has 0 N–H and O–H groups in total. The second-order valence-corrected chi connectivity index (χ2v) is 6.56. The molecule has 4 nitrogen and oxygen atoms in total. The SMILES string of the molecule is CC1(C)CN(c2ncc(CBr)cn2)CC(C)(C)O1. The van der Waals surface area contributed by atoms with Crippen LogP contribution in [-0.4, -0.2) is 34.3 Å². The van der Waals surface area contributed by atoms with Crippen LogP contribution in [0.2, 0.25) is 0 Å². The van der Waals surface area contributed by atoms with Gasteiger partial charge < -0.3 is 9.64 Å². The van der Waals surface area contributed by atoms with Crippen molar-refractivity contribution in [1.29, 1.82) is 0 Å². The average Bonchev–Trinajstić information content (AvgIpc) is 2.25. The first-order chi connectivity index (χ1) is 8.31. The van der Waals surface area contributed by atoms with E-state index >= 15 is 0 Å². The molecular weight excluding hydrogens is 294 g/mol. The fourth-order valence-electron chi connectivity index (χ4n) is 2.51. The van der Waals surface area contributed by atoms with Crippen molar-refractivity contribution in [3.05, 3.63) is 18.0 Å². The van der Waals surface area contributed by atoms with Crippen molar-refractivity contribution in [1.82, 2.24) is 9.97 Å². The van der Waals surface area contributed by atoms with E-state index < -0.39 is 0 Å². The van der Waals surface area contributed by atoms with Gasteiger partial charge in [-0.05, 0) is 33.3 Å². The number of alkyl halides is 1. The van der Waals surface area contributed by atoms with Gasteiger partial charge >= 0.3 is 0 Å². The van der Waals surface area contributed by atoms with Gasteiger partial charge in [-0.25, -0.2) is 9.97 Å². The molecule has 18 heavy (non-hydrogen) atoms. The summed E-state index contributed by atoms with van der Waals surface area (Å²) >= 11 is 3.40. The molecule has 0 amide bonds. The summed E-state index contributed by atoms with van der Waals surface area (Å²) in [7, 11) is 0. The standard InChI is InChI=1S/C13H20BrN3O/c1-12(2)8-17(9-13(3,4)18-12)11-15-6-10(5-14)7-16-11/h6-7H,5,8-9H2,1-4H3. The van der Waals surface area contributed by atoms with Crippen LogP contribution in [0.1, 0.15) is 33.3 Å². The van der Waals surface area contributed by atoms with Gasteiger partial charge in [0.15, 0.2) is 0 Å². The molecule has 1 aromatic heterocycles. The number of halogens is 1. The van der Waals surface area contributed by atoms with Gasteiger partial charge in [0.25, 0.3) is 0 Å². The molecule has 0 radical (unpaired) electrons. The maximum absolute atomic E-state index is 6.05. The van der Waals surface area contributed by atoms with Crippen LogP contribution < -0.4 is 4.90 Å². The summed E-state index contributed by atoms with van der Waals surface area (Å²) in [6.07, 6.45) is 3.74. The van der Waals surface area contributed by atoms with E-state index in [0.29, 0.717) is 0 Å². The molecule has 0 unspecified atom stereocenters. The van der Waals surface area contributed by atoms with E-state index in [1.165, 1.54) is 0 Å². The number of ether oxygens (including phenoxy) is 1. The highest BCUT2D eigenvalue weighted by atomic mass is 79.9. The molecule has 0 spiro atoms. The molecule has 1 aromatic rings. The molecule has 0 aromatic carbocycles. The normalized spacial score (nSPS) is 21.9. The van der Waals surface area contributed by atoms with Crippen LogP contribution in [0.4, 0.5) is 5.95 Å². The highest BCUT2D eigenvalue weighted by molar-refractivity contribution is 9.08. The highest BCUT2D eigenvalue weighted by Crippen LogP contribution is 2.29. The minimum atomic E-state index is -0.181. The number of morpholine rings is 1. The predicted octanol–water partition coefficient (Wildman–Crippen LogP) is 2.77. The Morgan fingerprint density at radius 2 is 1.67 bits per heavy atom. The van der Waals surface area contributed by atoms with E-state index in [4.69, 9.17) is 4.74 Å². The zero-order valence-electron chi connectivity index (χ0n) is 11.4. The largest absolute Gasteiger partial charge is 0.366 e. The minimum Gasteiger partial charge on any atom is -0.366 e. The van der Waals surface area contributed by atoms with E-state index in [1.54, 1.807) is 0 Å². The Labute approximate surface area is 117 Å². The van der Waals surface area contributed by atoms with Gasteiger partial charge in [0.1, 0.15) is 0 Å². The van der Waals surface area contributed by atoms with Crippen LogP contribution in [0.15, 0.2) is 12.4 Å². The molecule has 2 rings (SSSR count). The average molecular weight is 314 g/mol.